The number of benzene rings is 5. The van der Waals surface area contributed by atoms with Crippen LogP contribution in [-0.4, -0.2) is 0 Å². The summed E-state index contributed by atoms with van der Waals surface area (Å²) in [6, 6.07) is 30.6. The van der Waals surface area contributed by atoms with Gasteiger partial charge in [-0.15, -0.1) is 0 Å². The first kappa shape index (κ1) is 16.5. The summed E-state index contributed by atoms with van der Waals surface area (Å²) in [6.45, 7) is 0. The van der Waals surface area contributed by atoms with E-state index in [1.165, 1.54) is 5.39 Å². The number of rotatable bonds is 1. The Morgan fingerprint density at radius 3 is 1.90 bits per heavy atom. The van der Waals surface area contributed by atoms with Crippen molar-refractivity contribution in [3.63, 3.8) is 0 Å². The second-order valence-corrected chi connectivity index (χ2v) is 7.54. The molecule has 0 bridgehead atoms. The van der Waals surface area contributed by atoms with Crippen LogP contribution in [0.3, 0.4) is 0 Å². The number of hydrogen-bond donors (Lipinski definition) is 0. The van der Waals surface area contributed by atoms with Gasteiger partial charge in [0.05, 0.1) is 5.02 Å². The number of ether oxygens (including phenoxy) is 2. The lowest BCUT2D eigenvalue weighted by molar-refractivity contribution is 0.362. The molecule has 1 aliphatic rings. The van der Waals surface area contributed by atoms with Crippen LogP contribution in [0.25, 0.3) is 32.7 Å². The maximum atomic E-state index is 6.50. The molecule has 1 aliphatic heterocycles. The van der Waals surface area contributed by atoms with Crippen molar-refractivity contribution in [2.24, 2.45) is 0 Å². The lowest BCUT2D eigenvalue weighted by Crippen LogP contribution is -2.01. The second kappa shape index (κ2) is 6.26. The SMILES string of the molecule is Clc1ccc(-c2cccc3ccccc23)c2c1Oc1cc3ccccc3cc1O2. The molecule has 0 aromatic heterocycles. The molecular formula is C26H15ClO2. The zero-order chi connectivity index (χ0) is 19.4. The fourth-order valence-corrected chi connectivity index (χ4v) is 4.17. The summed E-state index contributed by atoms with van der Waals surface area (Å²) < 4.78 is 12.6. The normalized spacial score (nSPS) is 12.2. The van der Waals surface area contributed by atoms with Crippen molar-refractivity contribution in [2.45, 2.75) is 0 Å². The van der Waals surface area contributed by atoms with Gasteiger partial charge in [0, 0.05) is 5.56 Å². The second-order valence-electron chi connectivity index (χ2n) is 7.13. The van der Waals surface area contributed by atoms with Crippen LogP contribution in [0.5, 0.6) is 23.0 Å². The van der Waals surface area contributed by atoms with Crippen molar-refractivity contribution in [2.75, 3.05) is 0 Å². The van der Waals surface area contributed by atoms with Crippen LogP contribution in [0.15, 0.2) is 91.0 Å². The summed E-state index contributed by atoms with van der Waals surface area (Å²) in [4.78, 5) is 0. The standard InChI is InChI=1S/C26H15ClO2/c27-22-13-12-21(20-11-5-9-16-6-3-4-10-19(16)20)25-26(22)29-24-15-18-8-2-1-7-17(18)14-23(24)28-25/h1-15H. The van der Waals surface area contributed by atoms with E-state index in [-0.39, 0.29) is 0 Å². The highest BCUT2D eigenvalue weighted by Gasteiger charge is 2.26. The zero-order valence-electron chi connectivity index (χ0n) is 15.4. The Bertz CT molecular complexity index is 1420. The van der Waals surface area contributed by atoms with Crippen LogP contribution in [0, 0.1) is 0 Å². The maximum absolute atomic E-state index is 6.50. The number of hydrogen-bond acceptors (Lipinski definition) is 2. The third-order valence-corrected chi connectivity index (χ3v) is 5.68. The molecule has 0 radical (unpaired) electrons. The summed E-state index contributed by atoms with van der Waals surface area (Å²) in [5.41, 5.74) is 2.05. The molecule has 29 heavy (non-hydrogen) atoms. The lowest BCUT2D eigenvalue weighted by atomic mass is 9.97. The Kier molecular flexibility index (Phi) is 3.56. The molecule has 0 atom stereocenters. The van der Waals surface area contributed by atoms with Gasteiger partial charge in [-0.25, -0.2) is 0 Å². The summed E-state index contributed by atoms with van der Waals surface area (Å²) in [6.07, 6.45) is 0. The van der Waals surface area contributed by atoms with E-state index >= 15 is 0 Å². The van der Waals surface area contributed by atoms with Crippen molar-refractivity contribution in [3.05, 3.63) is 96.0 Å². The van der Waals surface area contributed by atoms with E-state index in [9.17, 15) is 0 Å². The minimum atomic E-state index is 0.530. The highest BCUT2D eigenvalue weighted by atomic mass is 35.5. The van der Waals surface area contributed by atoms with E-state index in [1.807, 2.05) is 48.5 Å². The van der Waals surface area contributed by atoms with E-state index in [0.29, 0.717) is 28.0 Å². The summed E-state index contributed by atoms with van der Waals surface area (Å²) in [7, 11) is 0. The highest BCUT2D eigenvalue weighted by Crippen LogP contribution is 2.54. The first-order valence-corrected chi connectivity index (χ1v) is 9.85. The Morgan fingerprint density at radius 2 is 1.14 bits per heavy atom. The van der Waals surface area contributed by atoms with E-state index < -0.39 is 0 Å². The molecule has 0 saturated carbocycles. The van der Waals surface area contributed by atoms with Crippen LogP contribution < -0.4 is 9.47 Å². The first-order chi connectivity index (χ1) is 14.3. The monoisotopic (exact) mass is 394 g/mol. The molecule has 0 spiro atoms. The van der Waals surface area contributed by atoms with Gasteiger partial charge < -0.3 is 9.47 Å². The third-order valence-electron chi connectivity index (χ3n) is 5.38. The fraction of sp³-hybridized carbons (Fsp3) is 0. The van der Waals surface area contributed by atoms with Gasteiger partial charge in [0.25, 0.3) is 0 Å². The summed E-state index contributed by atoms with van der Waals surface area (Å²) in [5, 5.41) is 5.07. The maximum Gasteiger partial charge on any atom is 0.189 e. The van der Waals surface area contributed by atoms with E-state index in [4.69, 9.17) is 21.1 Å². The molecule has 5 aromatic carbocycles. The van der Waals surface area contributed by atoms with Crippen molar-refractivity contribution in [1.82, 2.24) is 0 Å². The van der Waals surface area contributed by atoms with E-state index in [0.717, 1.165) is 27.3 Å². The van der Waals surface area contributed by atoms with Gasteiger partial charge in [-0.2, -0.15) is 0 Å². The molecule has 0 N–H and O–H groups in total. The third kappa shape index (κ3) is 2.57. The molecule has 2 nitrogen and oxygen atoms in total. The molecule has 0 fully saturated rings. The molecule has 0 amide bonds. The first-order valence-electron chi connectivity index (χ1n) is 9.47. The summed E-state index contributed by atoms with van der Waals surface area (Å²) in [5.74, 6) is 2.57. The lowest BCUT2D eigenvalue weighted by Gasteiger charge is -2.24. The van der Waals surface area contributed by atoms with Crippen LogP contribution in [0.4, 0.5) is 0 Å². The topological polar surface area (TPSA) is 18.5 Å². The van der Waals surface area contributed by atoms with Crippen LogP contribution >= 0.6 is 11.6 Å². The molecule has 138 valence electrons. The van der Waals surface area contributed by atoms with Crippen molar-refractivity contribution >= 4 is 33.1 Å². The Hall–Kier alpha value is -3.49. The zero-order valence-corrected chi connectivity index (χ0v) is 16.1. The van der Waals surface area contributed by atoms with Gasteiger partial charge in [-0.05, 0) is 51.4 Å². The Morgan fingerprint density at radius 1 is 0.517 bits per heavy atom. The molecule has 0 unspecified atom stereocenters. The minimum Gasteiger partial charge on any atom is -0.449 e. The van der Waals surface area contributed by atoms with E-state index in [2.05, 4.69) is 42.5 Å². The van der Waals surface area contributed by atoms with Gasteiger partial charge in [0.1, 0.15) is 0 Å². The van der Waals surface area contributed by atoms with Crippen molar-refractivity contribution in [1.29, 1.82) is 0 Å². The largest absolute Gasteiger partial charge is 0.449 e. The van der Waals surface area contributed by atoms with Crippen LogP contribution in [0.1, 0.15) is 0 Å². The number of fused-ring (bicyclic) bond motifs is 4. The molecule has 5 aromatic rings. The molecule has 6 rings (SSSR count). The van der Waals surface area contributed by atoms with Gasteiger partial charge in [-0.1, -0.05) is 78.3 Å². The van der Waals surface area contributed by atoms with Gasteiger partial charge in [0.2, 0.25) is 0 Å². The Balaban J connectivity index is 1.58. The van der Waals surface area contributed by atoms with Crippen LogP contribution in [0.2, 0.25) is 5.02 Å². The molecule has 0 aliphatic carbocycles. The van der Waals surface area contributed by atoms with Gasteiger partial charge in [0.15, 0.2) is 23.0 Å². The van der Waals surface area contributed by atoms with Crippen molar-refractivity contribution in [3.8, 4) is 34.1 Å². The van der Waals surface area contributed by atoms with Gasteiger partial charge in [-0.3, -0.25) is 0 Å². The average Bonchev–Trinajstić information content (AvgIpc) is 2.77. The molecular weight excluding hydrogens is 380 g/mol. The quantitative estimate of drug-likeness (QED) is 0.279. The molecule has 1 heterocycles. The average molecular weight is 395 g/mol. The predicted molar refractivity (Wildman–Crippen MR) is 118 cm³/mol. The van der Waals surface area contributed by atoms with E-state index in [1.54, 1.807) is 0 Å². The molecule has 0 saturated heterocycles. The highest BCUT2D eigenvalue weighted by molar-refractivity contribution is 6.32. The van der Waals surface area contributed by atoms with Gasteiger partial charge >= 0.3 is 0 Å². The predicted octanol–water partition coefficient (Wildman–Crippen LogP) is 8.21. The molecule has 3 heteroatoms. The van der Waals surface area contributed by atoms with Crippen molar-refractivity contribution < 1.29 is 9.47 Å². The summed E-state index contributed by atoms with van der Waals surface area (Å²) >= 11 is 6.50. The smallest absolute Gasteiger partial charge is 0.189 e. The van der Waals surface area contributed by atoms with Crippen LogP contribution in [-0.2, 0) is 0 Å². The Labute approximate surface area is 172 Å². The minimum absolute atomic E-state index is 0.530. The number of halogens is 1. The fourth-order valence-electron chi connectivity index (χ4n) is 3.99.